The smallest absolute Gasteiger partial charge is 0.212 e. The molecule has 0 atom stereocenters. The van der Waals surface area contributed by atoms with Crippen LogP contribution in [-0.4, -0.2) is 26.5 Å². The molecule has 0 unspecified atom stereocenters. The third kappa shape index (κ3) is 5.70. The summed E-state index contributed by atoms with van der Waals surface area (Å²) in [7, 11) is -3.22. The minimum absolute atomic E-state index is 0.0937. The number of hydrogen-bond donors (Lipinski definition) is 2. The van der Waals surface area contributed by atoms with Crippen molar-refractivity contribution in [1.82, 2.24) is 4.72 Å². The topological polar surface area (TPSA) is 72.2 Å². The molecule has 0 amide bonds. The fourth-order valence-electron chi connectivity index (χ4n) is 1.73. The Balaban J connectivity index is 1.72. The van der Waals surface area contributed by atoms with Gasteiger partial charge in [-0.25, -0.2) is 13.1 Å². The number of nitrogen functional groups attached to an aromatic ring is 1. The van der Waals surface area contributed by atoms with Crippen molar-refractivity contribution in [2.24, 2.45) is 0 Å². The molecule has 4 nitrogen and oxygen atoms in total. The lowest BCUT2D eigenvalue weighted by molar-refractivity contribution is 0.583. The Labute approximate surface area is 133 Å². The standard InChI is InChI=1S/C14H18N2O2S3/c15-13-5-1-2-6-14(13)20-10-11-21(17,18)16-8-7-12-4-3-9-19-12/h1-6,9,16H,7-8,10-11,15H2. The molecule has 1 aromatic heterocycles. The molecule has 0 fully saturated rings. The van der Waals surface area contributed by atoms with Crippen LogP contribution >= 0.6 is 23.1 Å². The van der Waals surface area contributed by atoms with E-state index in [0.717, 1.165) is 11.3 Å². The van der Waals surface area contributed by atoms with E-state index in [9.17, 15) is 8.42 Å². The molecule has 2 aromatic rings. The highest BCUT2D eigenvalue weighted by molar-refractivity contribution is 8.00. The van der Waals surface area contributed by atoms with Crippen molar-refractivity contribution in [3.63, 3.8) is 0 Å². The second-order valence-electron chi connectivity index (χ2n) is 4.43. The van der Waals surface area contributed by atoms with Crippen molar-refractivity contribution in [2.75, 3.05) is 23.8 Å². The molecule has 21 heavy (non-hydrogen) atoms. The van der Waals surface area contributed by atoms with Gasteiger partial charge in [0.25, 0.3) is 0 Å². The van der Waals surface area contributed by atoms with Gasteiger partial charge in [-0.05, 0) is 30.0 Å². The van der Waals surface area contributed by atoms with Crippen molar-refractivity contribution in [1.29, 1.82) is 0 Å². The van der Waals surface area contributed by atoms with Crippen LogP contribution in [0.15, 0.2) is 46.7 Å². The van der Waals surface area contributed by atoms with E-state index in [0.29, 0.717) is 18.0 Å². The number of thiophene rings is 1. The Kier molecular flexibility index (Phi) is 6.10. The van der Waals surface area contributed by atoms with Crippen LogP contribution in [0.3, 0.4) is 0 Å². The zero-order valence-electron chi connectivity index (χ0n) is 11.5. The molecule has 3 N–H and O–H groups in total. The molecule has 0 saturated carbocycles. The van der Waals surface area contributed by atoms with E-state index in [2.05, 4.69) is 4.72 Å². The monoisotopic (exact) mass is 342 g/mol. The van der Waals surface area contributed by atoms with Gasteiger partial charge in [0.15, 0.2) is 0 Å². The molecule has 0 bridgehead atoms. The van der Waals surface area contributed by atoms with Gasteiger partial charge in [-0.3, -0.25) is 0 Å². The molecule has 0 aliphatic rings. The van der Waals surface area contributed by atoms with E-state index in [1.807, 2.05) is 41.8 Å². The Morgan fingerprint density at radius 3 is 2.71 bits per heavy atom. The first-order chi connectivity index (χ1) is 10.1. The van der Waals surface area contributed by atoms with Gasteiger partial charge < -0.3 is 5.73 Å². The fourth-order valence-corrected chi connectivity index (χ4v) is 4.84. The average Bonchev–Trinajstić information content (AvgIpc) is 2.94. The molecule has 0 aliphatic heterocycles. The highest BCUT2D eigenvalue weighted by atomic mass is 32.2. The number of benzene rings is 1. The van der Waals surface area contributed by atoms with E-state index < -0.39 is 10.0 Å². The SMILES string of the molecule is Nc1ccccc1SCCS(=O)(=O)NCCc1cccs1. The first-order valence-corrected chi connectivity index (χ1v) is 10.1. The number of nitrogens with one attached hydrogen (secondary N) is 1. The maximum atomic E-state index is 11.9. The van der Waals surface area contributed by atoms with Crippen LogP contribution < -0.4 is 10.5 Å². The van der Waals surface area contributed by atoms with Crippen LogP contribution in [0.5, 0.6) is 0 Å². The summed E-state index contributed by atoms with van der Waals surface area (Å²) in [5.41, 5.74) is 6.51. The van der Waals surface area contributed by atoms with Gasteiger partial charge in [-0.15, -0.1) is 23.1 Å². The van der Waals surface area contributed by atoms with Crippen molar-refractivity contribution in [3.05, 3.63) is 46.7 Å². The molecule has 0 aliphatic carbocycles. The second-order valence-corrected chi connectivity index (χ2v) is 8.52. The number of anilines is 1. The lowest BCUT2D eigenvalue weighted by Gasteiger charge is -2.07. The van der Waals surface area contributed by atoms with Crippen LogP contribution in [0.25, 0.3) is 0 Å². The number of hydrogen-bond acceptors (Lipinski definition) is 5. The minimum Gasteiger partial charge on any atom is -0.398 e. The van der Waals surface area contributed by atoms with Gasteiger partial charge in [0.2, 0.25) is 10.0 Å². The number of para-hydroxylation sites is 1. The minimum atomic E-state index is -3.22. The van der Waals surface area contributed by atoms with Crippen LogP contribution in [-0.2, 0) is 16.4 Å². The van der Waals surface area contributed by atoms with E-state index in [1.165, 1.54) is 16.6 Å². The molecule has 114 valence electrons. The van der Waals surface area contributed by atoms with Crippen molar-refractivity contribution < 1.29 is 8.42 Å². The molecular formula is C14H18N2O2S3. The summed E-state index contributed by atoms with van der Waals surface area (Å²) >= 11 is 3.10. The summed E-state index contributed by atoms with van der Waals surface area (Å²) in [6, 6.07) is 11.4. The zero-order chi connectivity index (χ0) is 15.1. The summed E-state index contributed by atoms with van der Waals surface area (Å²) in [4.78, 5) is 2.11. The van der Waals surface area contributed by atoms with Crippen LogP contribution in [0.4, 0.5) is 5.69 Å². The first kappa shape index (κ1) is 16.4. The van der Waals surface area contributed by atoms with Crippen molar-refractivity contribution in [3.8, 4) is 0 Å². The van der Waals surface area contributed by atoms with Crippen molar-refractivity contribution >= 4 is 38.8 Å². The van der Waals surface area contributed by atoms with Crippen LogP contribution in [0.1, 0.15) is 4.88 Å². The van der Waals surface area contributed by atoms with Gasteiger partial charge in [-0.2, -0.15) is 0 Å². The van der Waals surface area contributed by atoms with E-state index >= 15 is 0 Å². The molecule has 0 radical (unpaired) electrons. The number of thioether (sulfide) groups is 1. The third-order valence-electron chi connectivity index (χ3n) is 2.80. The van der Waals surface area contributed by atoms with Gasteiger partial charge in [0, 0.05) is 27.8 Å². The Bertz CT molecular complexity index is 655. The molecule has 1 aromatic carbocycles. The first-order valence-electron chi connectivity index (χ1n) is 6.54. The maximum Gasteiger partial charge on any atom is 0.212 e. The molecule has 1 heterocycles. The summed E-state index contributed by atoms with van der Waals surface area (Å²) in [5, 5.41) is 1.99. The molecular weight excluding hydrogens is 324 g/mol. The highest BCUT2D eigenvalue weighted by Crippen LogP contribution is 2.24. The lowest BCUT2D eigenvalue weighted by Crippen LogP contribution is -2.29. The predicted octanol–water partition coefficient (Wildman–Crippen LogP) is 2.58. The molecule has 0 saturated heterocycles. The highest BCUT2D eigenvalue weighted by Gasteiger charge is 2.10. The van der Waals surface area contributed by atoms with Gasteiger partial charge in [0.1, 0.15) is 0 Å². The van der Waals surface area contributed by atoms with E-state index in [-0.39, 0.29) is 5.75 Å². The summed E-state index contributed by atoms with van der Waals surface area (Å²) in [6.07, 6.45) is 0.732. The van der Waals surface area contributed by atoms with E-state index in [4.69, 9.17) is 5.73 Å². The van der Waals surface area contributed by atoms with Crippen molar-refractivity contribution in [2.45, 2.75) is 11.3 Å². The number of nitrogens with two attached hydrogens (primary N) is 1. The largest absolute Gasteiger partial charge is 0.398 e. The fraction of sp³-hybridized carbons (Fsp3) is 0.286. The predicted molar refractivity (Wildman–Crippen MR) is 91.4 cm³/mol. The summed E-state index contributed by atoms with van der Waals surface area (Å²) in [5.74, 6) is 0.582. The van der Waals surface area contributed by atoms with Gasteiger partial charge in [0.05, 0.1) is 5.75 Å². The molecule has 0 spiro atoms. The average molecular weight is 343 g/mol. The Morgan fingerprint density at radius 2 is 2.00 bits per heavy atom. The molecule has 2 rings (SSSR count). The quantitative estimate of drug-likeness (QED) is 0.571. The Morgan fingerprint density at radius 1 is 1.19 bits per heavy atom. The second kappa shape index (κ2) is 7.84. The third-order valence-corrected chi connectivity index (χ3v) is 6.47. The summed E-state index contributed by atoms with van der Waals surface area (Å²) in [6.45, 7) is 0.445. The number of rotatable bonds is 8. The lowest BCUT2D eigenvalue weighted by atomic mass is 10.3. The van der Waals surface area contributed by atoms with Gasteiger partial charge >= 0.3 is 0 Å². The molecule has 7 heteroatoms. The van der Waals surface area contributed by atoms with E-state index in [1.54, 1.807) is 11.3 Å². The Hall–Kier alpha value is -1.02. The maximum absolute atomic E-state index is 11.9. The van der Waals surface area contributed by atoms with Gasteiger partial charge in [-0.1, -0.05) is 18.2 Å². The normalized spacial score (nSPS) is 11.6. The zero-order valence-corrected chi connectivity index (χ0v) is 13.9. The van der Waals surface area contributed by atoms with Crippen LogP contribution in [0.2, 0.25) is 0 Å². The summed E-state index contributed by atoms with van der Waals surface area (Å²) < 4.78 is 26.4. The number of sulfonamides is 1. The van der Waals surface area contributed by atoms with Crippen LogP contribution in [0, 0.1) is 0 Å².